The van der Waals surface area contributed by atoms with Crippen LogP contribution in [0.1, 0.15) is 26.4 Å². The van der Waals surface area contributed by atoms with Crippen LogP contribution in [0.3, 0.4) is 0 Å². The first-order chi connectivity index (χ1) is 18.3. The Morgan fingerprint density at radius 2 is 1.69 bits per heavy atom. The number of aromatic amines is 1. The molecule has 0 aliphatic carbocycles. The fourth-order valence-corrected chi connectivity index (χ4v) is 4.64. The van der Waals surface area contributed by atoms with Gasteiger partial charge in [0, 0.05) is 16.6 Å². The number of amides is 1. The number of anilines is 2. The summed E-state index contributed by atoms with van der Waals surface area (Å²) >= 11 is 0. The maximum atomic E-state index is 14.2. The van der Waals surface area contributed by atoms with E-state index in [2.05, 4.69) is 19.8 Å². The van der Waals surface area contributed by atoms with Gasteiger partial charge in [0.2, 0.25) is 10.0 Å². The van der Waals surface area contributed by atoms with Gasteiger partial charge in [0.05, 0.1) is 31.7 Å². The number of ether oxygens (including phenoxy) is 2. The number of nitrogens with one attached hydrogen (secondary N) is 3. The van der Waals surface area contributed by atoms with Gasteiger partial charge in [0.1, 0.15) is 17.0 Å². The molecule has 0 spiro atoms. The summed E-state index contributed by atoms with van der Waals surface area (Å²) in [7, 11) is -1.38. The molecule has 0 bridgehead atoms. The van der Waals surface area contributed by atoms with Crippen molar-refractivity contribution in [1.82, 2.24) is 4.98 Å². The number of sulfonamides is 1. The molecule has 3 aromatic carbocycles. The normalized spacial score (nSPS) is 11.7. The Morgan fingerprint density at radius 3 is 2.33 bits per heavy atom. The van der Waals surface area contributed by atoms with Crippen LogP contribution in [0.25, 0.3) is 22.0 Å². The lowest BCUT2D eigenvalue weighted by molar-refractivity contribution is -0.137. The Bertz CT molecular complexity index is 1700. The van der Waals surface area contributed by atoms with Crippen molar-refractivity contribution in [3.63, 3.8) is 0 Å². The highest BCUT2D eigenvalue weighted by molar-refractivity contribution is 7.92. The molecule has 0 aliphatic rings. The van der Waals surface area contributed by atoms with Gasteiger partial charge < -0.3 is 19.8 Å². The van der Waals surface area contributed by atoms with E-state index in [1.807, 2.05) is 0 Å². The Hall–Kier alpha value is -4.52. The van der Waals surface area contributed by atoms with Crippen molar-refractivity contribution in [1.29, 1.82) is 0 Å². The van der Waals surface area contributed by atoms with Crippen molar-refractivity contribution >= 4 is 44.2 Å². The van der Waals surface area contributed by atoms with E-state index in [1.54, 1.807) is 12.1 Å². The first-order valence-electron chi connectivity index (χ1n) is 11.2. The summed E-state index contributed by atoms with van der Waals surface area (Å²) in [5.74, 6) is -2.09. The van der Waals surface area contributed by atoms with E-state index in [0.717, 1.165) is 20.5 Å². The van der Waals surface area contributed by atoms with Crippen LogP contribution >= 0.6 is 0 Å². The van der Waals surface area contributed by atoms with Gasteiger partial charge in [-0.3, -0.25) is 9.52 Å². The van der Waals surface area contributed by atoms with E-state index in [-0.39, 0.29) is 28.3 Å². The lowest BCUT2D eigenvalue weighted by atomic mass is 9.93. The summed E-state index contributed by atoms with van der Waals surface area (Å²) in [4.78, 5) is 28.1. The van der Waals surface area contributed by atoms with Gasteiger partial charge in [-0.05, 0) is 47.5 Å². The van der Waals surface area contributed by atoms with E-state index >= 15 is 0 Å². The van der Waals surface area contributed by atoms with E-state index in [4.69, 9.17) is 4.74 Å². The number of hydrogen-bond donors (Lipinski definition) is 3. The number of hydrogen-bond acceptors (Lipinski definition) is 6. The molecule has 3 N–H and O–H groups in total. The largest absolute Gasteiger partial charge is 0.496 e. The maximum absolute atomic E-state index is 14.2. The summed E-state index contributed by atoms with van der Waals surface area (Å²) in [6.45, 7) is 0. The molecule has 13 heteroatoms. The van der Waals surface area contributed by atoms with E-state index in [1.165, 1.54) is 48.5 Å². The molecule has 0 radical (unpaired) electrons. The molecule has 1 aromatic heterocycles. The van der Waals surface area contributed by atoms with Gasteiger partial charge in [-0.25, -0.2) is 13.2 Å². The number of esters is 1. The van der Waals surface area contributed by atoms with Gasteiger partial charge in [0.15, 0.2) is 0 Å². The molecule has 0 unspecified atom stereocenters. The van der Waals surface area contributed by atoms with Crippen LogP contribution in [-0.4, -0.2) is 45.8 Å². The monoisotopic (exact) mass is 561 g/mol. The van der Waals surface area contributed by atoms with Crippen molar-refractivity contribution in [2.75, 3.05) is 30.5 Å². The van der Waals surface area contributed by atoms with E-state index < -0.39 is 39.2 Å². The Balaban J connectivity index is 1.69. The number of alkyl halides is 3. The predicted octanol–water partition coefficient (Wildman–Crippen LogP) is 5.27. The van der Waals surface area contributed by atoms with E-state index in [9.17, 15) is 31.2 Å². The summed E-state index contributed by atoms with van der Waals surface area (Å²) in [5, 5.41) is 3.27. The fourth-order valence-electron chi connectivity index (χ4n) is 4.08. The second-order valence-corrected chi connectivity index (χ2v) is 10.2. The van der Waals surface area contributed by atoms with Crippen LogP contribution in [0.4, 0.5) is 24.5 Å². The Labute approximate surface area is 221 Å². The first kappa shape index (κ1) is 27.5. The zero-order valence-electron chi connectivity index (χ0n) is 20.8. The summed E-state index contributed by atoms with van der Waals surface area (Å²) in [6.07, 6.45) is -3.92. The Morgan fingerprint density at radius 1 is 0.949 bits per heavy atom. The molecular formula is C26H22F3N3O6S. The van der Waals surface area contributed by atoms with Gasteiger partial charge in [-0.1, -0.05) is 24.3 Å². The highest BCUT2D eigenvalue weighted by Gasteiger charge is 2.40. The maximum Gasteiger partial charge on any atom is 0.417 e. The minimum Gasteiger partial charge on any atom is -0.496 e. The van der Waals surface area contributed by atoms with Gasteiger partial charge >= 0.3 is 12.1 Å². The molecule has 1 heterocycles. The molecule has 1 amide bonds. The van der Waals surface area contributed by atoms with Crippen molar-refractivity contribution in [3.8, 4) is 16.9 Å². The number of methoxy groups -OCH3 is 2. The number of H-pyrrole nitrogens is 1. The van der Waals surface area contributed by atoms with Gasteiger partial charge in [-0.2, -0.15) is 13.2 Å². The van der Waals surface area contributed by atoms with Gasteiger partial charge in [-0.15, -0.1) is 0 Å². The molecule has 204 valence electrons. The van der Waals surface area contributed by atoms with Crippen LogP contribution in [0.5, 0.6) is 5.75 Å². The summed E-state index contributed by atoms with van der Waals surface area (Å²) < 4.78 is 77.4. The van der Waals surface area contributed by atoms with Crippen LogP contribution < -0.4 is 14.8 Å². The smallest absolute Gasteiger partial charge is 0.417 e. The third-order valence-electron chi connectivity index (χ3n) is 5.66. The topological polar surface area (TPSA) is 127 Å². The minimum absolute atomic E-state index is 0.0843. The van der Waals surface area contributed by atoms with Gasteiger partial charge in [0.25, 0.3) is 5.91 Å². The number of carbonyl (C=O) groups excluding carboxylic acids is 2. The average Bonchev–Trinajstić information content (AvgIpc) is 3.29. The third kappa shape index (κ3) is 5.98. The quantitative estimate of drug-likeness (QED) is 0.264. The first-order valence-corrected chi connectivity index (χ1v) is 13.1. The minimum atomic E-state index is -4.93. The number of fused-ring (bicyclic) bond motifs is 1. The van der Waals surface area contributed by atoms with Crippen LogP contribution in [0.2, 0.25) is 0 Å². The summed E-state index contributed by atoms with van der Waals surface area (Å²) in [6, 6.07) is 14.4. The Kier molecular flexibility index (Phi) is 7.29. The van der Waals surface area contributed by atoms with Crippen LogP contribution in [0, 0.1) is 0 Å². The number of aromatic nitrogens is 1. The molecule has 0 saturated carbocycles. The molecule has 0 fully saturated rings. The highest BCUT2D eigenvalue weighted by atomic mass is 32.2. The highest BCUT2D eigenvalue weighted by Crippen LogP contribution is 2.43. The van der Waals surface area contributed by atoms with Crippen molar-refractivity contribution in [3.05, 3.63) is 77.5 Å². The molecule has 0 aliphatic heterocycles. The molecule has 9 nitrogen and oxygen atoms in total. The summed E-state index contributed by atoms with van der Waals surface area (Å²) in [5.41, 5.74) is -1.09. The van der Waals surface area contributed by atoms with Crippen molar-refractivity contribution in [2.45, 2.75) is 6.18 Å². The predicted molar refractivity (Wildman–Crippen MR) is 139 cm³/mol. The number of halogens is 3. The standard InChI is InChI=1S/C26H22F3N3O6S/c1-37-21-10-9-18(23(26(27,28)29)22(21)25(34)38-2)14-5-4-6-16(11-14)30-24(33)20-12-15-7-8-17(13-19(15)31-20)32-39(3,35)36/h4-13,31-32H,1-3H3,(H,30,33). The zero-order chi connectivity index (χ0) is 28.5. The van der Waals surface area contributed by atoms with Crippen LogP contribution in [-0.2, 0) is 20.9 Å². The molecular weight excluding hydrogens is 539 g/mol. The molecule has 4 aromatic rings. The fraction of sp³-hybridized carbons (Fsp3) is 0.154. The number of carbonyl (C=O) groups is 2. The molecule has 0 atom stereocenters. The molecule has 39 heavy (non-hydrogen) atoms. The number of benzene rings is 3. The second kappa shape index (κ2) is 10.3. The molecule has 0 saturated heterocycles. The SMILES string of the molecule is COC(=O)c1c(OC)ccc(-c2cccc(NC(=O)c3cc4ccc(NS(C)(=O)=O)cc4[nH]3)c2)c1C(F)(F)F. The molecule has 4 rings (SSSR count). The third-order valence-corrected chi connectivity index (χ3v) is 6.27. The average molecular weight is 562 g/mol. The van der Waals surface area contributed by atoms with Crippen molar-refractivity contribution in [2.24, 2.45) is 0 Å². The second-order valence-electron chi connectivity index (χ2n) is 8.45. The number of rotatable bonds is 7. The van der Waals surface area contributed by atoms with E-state index in [0.29, 0.717) is 16.6 Å². The lowest BCUT2D eigenvalue weighted by Gasteiger charge is -2.19. The van der Waals surface area contributed by atoms with Crippen LogP contribution in [0.15, 0.2) is 60.7 Å². The lowest BCUT2D eigenvalue weighted by Crippen LogP contribution is -2.17. The van der Waals surface area contributed by atoms with Crippen molar-refractivity contribution < 1.29 is 40.7 Å². The zero-order valence-corrected chi connectivity index (χ0v) is 21.6.